The molecule has 3 aromatic carbocycles. The first-order valence-corrected chi connectivity index (χ1v) is 13.4. The van der Waals surface area contributed by atoms with Gasteiger partial charge in [-0.05, 0) is 49.2 Å². The number of alkyl halides is 3. The van der Waals surface area contributed by atoms with Crippen molar-refractivity contribution >= 4 is 9.92 Å². The second-order valence-corrected chi connectivity index (χ2v) is 10.9. The molecular weight excluding hydrogens is 507 g/mol. The molecule has 0 aromatic heterocycles. The van der Waals surface area contributed by atoms with Crippen LogP contribution in [-0.2, 0) is 9.92 Å². The first-order chi connectivity index (χ1) is 17.6. The predicted molar refractivity (Wildman–Crippen MR) is 131 cm³/mol. The van der Waals surface area contributed by atoms with Gasteiger partial charge in [-0.2, -0.15) is 0 Å². The summed E-state index contributed by atoms with van der Waals surface area (Å²) in [6.07, 6.45) is -3.93. The van der Waals surface area contributed by atoms with Gasteiger partial charge in [-0.3, -0.25) is 0 Å². The van der Waals surface area contributed by atoms with Crippen LogP contribution in [-0.4, -0.2) is 33.9 Å². The van der Waals surface area contributed by atoms with Crippen LogP contribution in [0.4, 0.5) is 13.2 Å². The van der Waals surface area contributed by atoms with Crippen molar-refractivity contribution in [2.45, 2.75) is 54.7 Å². The molecule has 0 bridgehead atoms. The summed E-state index contributed by atoms with van der Waals surface area (Å²) in [5.74, 6) is 0.988. The summed E-state index contributed by atoms with van der Waals surface area (Å²) in [5.41, 5.74) is 1.88. The lowest BCUT2D eigenvalue weighted by Gasteiger charge is -2.39. The molecule has 0 saturated heterocycles. The van der Waals surface area contributed by atoms with Crippen molar-refractivity contribution < 1.29 is 32.0 Å². The third-order valence-corrected chi connectivity index (χ3v) is 8.19. The fraction of sp³-hybridized carbons (Fsp3) is 0.308. The monoisotopic (exact) mass is 533 g/mol. The van der Waals surface area contributed by atoms with E-state index in [1.807, 2.05) is 48.5 Å². The fourth-order valence-corrected chi connectivity index (χ4v) is 6.25. The van der Waals surface area contributed by atoms with Crippen LogP contribution in [0.3, 0.4) is 0 Å². The minimum absolute atomic E-state index is 0.00316. The number of aliphatic hydroxyl groups excluding tert-OH is 1. The van der Waals surface area contributed by atoms with Crippen LogP contribution >= 0.6 is 0 Å². The molecule has 1 aliphatic heterocycles. The molecule has 0 amide bonds. The van der Waals surface area contributed by atoms with E-state index in [1.165, 1.54) is 0 Å². The van der Waals surface area contributed by atoms with Gasteiger partial charge in [0.15, 0.2) is 0 Å². The first kappa shape index (κ1) is 25.5. The van der Waals surface area contributed by atoms with Gasteiger partial charge >= 0.3 is 6.36 Å². The molecule has 7 nitrogen and oxygen atoms in total. The molecule has 4 N–H and O–H groups in total. The number of halogens is 3. The van der Waals surface area contributed by atoms with Gasteiger partial charge in [0.2, 0.25) is 0 Å². The maximum atomic E-state index is 13.2. The van der Waals surface area contributed by atoms with Gasteiger partial charge < -0.3 is 19.9 Å². The number of nitrogens with one attached hydrogen (secondary N) is 3. The number of fused-ring (bicyclic) bond motifs is 2. The molecule has 4 unspecified atom stereocenters. The van der Waals surface area contributed by atoms with Gasteiger partial charge in [-0.1, -0.05) is 42.8 Å². The molecule has 3 aromatic rings. The Balaban J connectivity index is 1.32. The Morgan fingerprint density at radius 1 is 0.919 bits per heavy atom. The largest absolute Gasteiger partial charge is 0.573 e. The smallest absolute Gasteiger partial charge is 0.457 e. The molecule has 4 atom stereocenters. The Morgan fingerprint density at radius 3 is 2.08 bits per heavy atom. The van der Waals surface area contributed by atoms with E-state index in [4.69, 9.17) is 9.52 Å². The minimum atomic E-state index is -4.85. The molecule has 2 aliphatic rings. The molecule has 5 rings (SSSR count). The Morgan fingerprint density at radius 2 is 1.49 bits per heavy atom. The maximum Gasteiger partial charge on any atom is 0.573 e. The van der Waals surface area contributed by atoms with Crippen LogP contribution in [0.2, 0.25) is 0 Å². The van der Waals surface area contributed by atoms with Crippen LogP contribution in [0.1, 0.15) is 36.4 Å². The van der Waals surface area contributed by atoms with Crippen molar-refractivity contribution in [2.75, 3.05) is 0 Å². The first-order valence-electron chi connectivity index (χ1n) is 11.8. The van der Waals surface area contributed by atoms with Gasteiger partial charge in [0.05, 0.1) is 17.0 Å². The Labute approximate surface area is 212 Å². The van der Waals surface area contributed by atoms with E-state index >= 15 is 0 Å². The van der Waals surface area contributed by atoms with Crippen molar-refractivity contribution in [3.05, 3.63) is 83.9 Å². The van der Waals surface area contributed by atoms with Crippen molar-refractivity contribution in [1.82, 2.24) is 10.0 Å². The molecule has 1 fully saturated rings. The van der Waals surface area contributed by atoms with Gasteiger partial charge in [-0.25, -0.2) is 13.7 Å². The topological polar surface area (TPSA) is 104 Å². The zero-order chi connectivity index (χ0) is 26.2. The van der Waals surface area contributed by atoms with Crippen LogP contribution in [0.25, 0.3) is 0 Å². The second kappa shape index (κ2) is 9.97. The highest BCUT2D eigenvalue weighted by molar-refractivity contribution is 7.90. The zero-order valence-electron chi connectivity index (χ0n) is 19.6. The Bertz CT molecular complexity index is 1320. The third-order valence-electron chi connectivity index (χ3n) is 6.62. The van der Waals surface area contributed by atoms with E-state index in [9.17, 15) is 22.5 Å². The highest BCUT2D eigenvalue weighted by Crippen LogP contribution is 2.43. The van der Waals surface area contributed by atoms with Gasteiger partial charge in [0.1, 0.15) is 27.2 Å². The second-order valence-electron chi connectivity index (χ2n) is 9.11. The van der Waals surface area contributed by atoms with Crippen molar-refractivity contribution in [1.29, 1.82) is 4.78 Å². The standard InChI is InChI=1S/C26H26F3N3O4S/c27-26(28,29)36-16-12-14-17(15-13-16)37(30,34)32-21-9-5-8-20(25(21)33)31-24-18-6-1-3-10-22(18)35-23-11-4-2-7-19(23)24/h1-4,6-7,10-15,20-21,24-25,31,33H,5,8-9H2,(H2,30,32,34). The van der Waals surface area contributed by atoms with Crippen molar-refractivity contribution in [2.24, 2.45) is 0 Å². The number of ether oxygens (including phenoxy) is 2. The molecule has 37 heavy (non-hydrogen) atoms. The van der Waals surface area contributed by atoms with Gasteiger partial charge in [0.25, 0.3) is 0 Å². The highest BCUT2D eigenvalue weighted by Gasteiger charge is 2.37. The lowest BCUT2D eigenvalue weighted by atomic mass is 9.86. The zero-order valence-corrected chi connectivity index (χ0v) is 20.4. The van der Waals surface area contributed by atoms with E-state index < -0.39 is 34.2 Å². The fourth-order valence-electron chi connectivity index (χ4n) is 4.91. The molecule has 1 heterocycles. The molecule has 196 valence electrons. The van der Waals surface area contributed by atoms with Crippen LogP contribution in [0, 0.1) is 4.78 Å². The molecule has 1 saturated carbocycles. The number of hydrogen-bond donors (Lipinski definition) is 4. The van der Waals surface area contributed by atoms with Crippen LogP contribution in [0.5, 0.6) is 17.2 Å². The number of aliphatic hydroxyl groups is 1. The van der Waals surface area contributed by atoms with Crippen molar-refractivity contribution in [3.8, 4) is 17.2 Å². The number of hydrogen-bond acceptors (Lipinski definition) is 6. The Kier molecular flexibility index (Phi) is 6.88. The van der Waals surface area contributed by atoms with E-state index in [0.717, 1.165) is 46.9 Å². The average molecular weight is 534 g/mol. The average Bonchev–Trinajstić information content (AvgIpc) is 2.85. The van der Waals surface area contributed by atoms with Gasteiger partial charge in [0, 0.05) is 23.2 Å². The summed E-state index contributed by atoms with van der Waals surface area (Å²) in [6, 6.07) is 18.4. The summed E-state index contributed by atoms with van der Waals surface area (Å²) in [7, 11) is -3.60. The molecule has 11 heteroatoms. The minimum Gasteiger partial charge on any atom is -0.457 e. The van der Waals surface area contributed by atoms with Gasteiger partial charge in [-0.15, -0.1) is 13.2 Å². The van der Waals surface area contributed by atoms with E-state index in [2.05, 4.69) is 14.8 Å². The summed E-state index contributed by atoms with van der Waals surface area (Å²) in [6.45, 7) is 0. The van der Waals surface area contributed by atoms with Crippen LogP contribution in [0.15, 0.2) is 77.7 Å². The molecular formula is C26H26F3N3O4S. The summed E-state index contributed by atoms with van der Waals surface area (Å²) < 4.78 is 71.5. The van der Waals surface area contributed by atoms with Crippen molar-refractivity contribution in [3.63, 3.8) is 0 Å². The maximum absolute atomic E-state index is 13.2. The van der Waals surface area contributed by atoms with E-state index in [-0.39, 0.29) is 17.0 Å². The van der Waals surface area contributed by atoms with Crippen LogP contribution < -0.4 is 19.5 Å². The summed E-state index contributed by atoms with van der Waals surface area (Å²) >= 11 is 0. The molecule has 0 radical (unpaired) electrons. The predicted octanol–water partition coefficient (Wildman–Crippen LogP) is 5.26. The quantitative estimate of drug-likeness (QED) is 0.346. The molecule has 1 aliphatic carbocycles. The third kappa shape index (κ3) is 5.59. The number of para-hydroxylation sites is 2. The summed E-state index contributed by atoms with van der Waals surface area (Å²) in [5, 5.41) is 14.8. The number of rotatable bonds is 6. The summed E-state index contributed by atoms with van der Waals surface area (Å²) in [4.78, 5) is -0.00316. The SMILES string of the molecule is N=S(=O)(NC1CCCC(NC2c3ccccc3Oc3ccccc32)C1O)c1ccc(OC(F)(F)F)cc1. The Hall–Kier alpha value is -3.12. The van der Waals surface area contributed by atoms with E-state index in [0.29, 0.717) is 19.3 Å². The highest BCUT2D eigenvalue weighted by atomic mass is 32.2. The lowest BCUT2D eigenvalue weighted by molar-refractivity contribution is -0.274. The normalized spacial score (nSPS) is 23.3. The number of benzene rings is 3. The molecule has 0 spiro atoms. The van der Waals surface area contributed by atoms with E-state index in [1.54, 1.807) is 0 Å². The lowest BCUT2D eigenvalue weighted by Crippen LogP contribution is -2.56.